The number of carbonyl (C=O) groups excluding carboxylic acids is 2. The van der Waals surface area contributed by atoms with E-state index in [2.05, 4.69) is 5.10 Å². The van der Waals surface area contributed by atoms with Crippen molar-refractivity contribution in [1.29, 1.82) is 0 Å². The first-order chi connectivity index (χ1) is 13.1. The van der Waals surface area contributed by atoms with Crippen molar-refractivity contribution in [3.8, 4) is 0 Å². The highest BCUT2D eigenvalue weighted by atomic mass is 32.1. The first kappa shape index (κ1) is 17.4. The van der Waals surface area contributed by atoms with E-state index < -0.39 is 11.5 Å². The fourth-order valence-corrected chi connectivity index (χ4v) is 4.46. The van der Waals surface area contributed by atoms with Crippen molar-refractivity contribution < 1.29 is 9.59 Å². The maximum atomic E-state index is 12.9. The molecule has 1 aliphatic heterocycles. The van der Waals surface area contributed by atoms with Gasteiger partial charge in [-0.05, 0) is 30.4 Å². The number of fused-ring (bicyclic) bond motifs is 1. The summed E-state index contributed by atoms with van der Waals surface area (Å²) in [5.41, 5.74) is 5.02. The summed E-state index contributed by atoms with van der Waals surface area (Å²) in [5, 5.41) is 6.80. The molecule has 0 aliphatic carbocycles. The van der Waals surface area contributed by atoms with Gasteiger partial charge in [-0.15, -0.1) is 11.3 Å². The maximum Gasteiger partial charge on any atom is 0.275 e. The first-order valence-electron chi connectivity index (χ1n) is 8.69. The van der Waals surface area contributed by atoms with Crippen LogP contribution in [0.25, 0.3) is 10.8 Å². The molecule has 0 saturated carbocycles. The molecule has 0 radical (unpaired) electrons. The summed E-state index contributed by atoms with van der Waals surface area (Å²) >= 11 is 1.62. The minimum atomic E-state index is -0.731. The van der Waals surface area contributed by atoms with Crippen LogP contribution in [0.4, 0.5) is 0 Å². The Kier molecular flexibility index (Phi) is 4.49. The Morgan fingerprint density at radius 2 is 1.96 bits per heavy atom. The van der Waals surface area contributed by atoms with E-state index >= 15 is 0 Å². The van der Waals surface area contributed by atoms with Crippen molar-refractivity contribution in [2.75, 3.05) is 6.54 Å². The van der Waals surface area contributed by atoms with Crippen LogP contribution in [-0.4, -0.2) is 33.0 Å². The van der Waals surface area contributed by atoms with Crippen LogP contribution in [0, 0.1) is 0 Å². The number of thiophene rings is 1. The zero-order valence-electron chi connectivity index (χ0n) is 14.5. The number of carbonyl (C=O) groups is 2. The van der Waals surface area contributed by atoms with E-state index in [9.17, 15) is 14.4 Å². The Morgan fingerprint density at radius 1 is 1.19 bits per heavy atom. The Morgan fingerprint density at radius 3 is 2.67 bits per heavy atom. The molecule has 1 unspecified atom stereocenters. The normalized spacial score (nSPS) is 16.7. The van der Waals surface area contributed by atoms with Gasteiger partial charge in [0.2, 0.25) is 5.91 Å². The number of benzene rings is 1. The molecule has 2 amide bonds. The number of hydrogen-bond donors (Lipinski definition) is 1. The van der Waals surface area contributed by atoms with Gasteiger partial charge in [-0.3, -0.25) is 14.4 Å². The standard InChI is InChI=1S/C19H18N4O3S/c20-18(25)17-12-5-1-2-6-13(12)19(26)23(21-17)11-16(24)22-9-3-7-14(22)15-8-4-10-27-15/h1-2,4-6,8,10,14H,3,7,9,11H2,(H2,20,25). The number of aromatic nitrogens is 2. The number of nitrogens with two attached hydrogens (primary N) is 1. The molecule has 2 N–H and O–H groups in total. The van der Waals surface area contributed by atoms with E-state index in [1.807, 2.05) is 17.5 Å². The molecule has 27 heavy (non-hydrogen) atoms. The molecule has 7 nitrogen and oxygen atoms in total. The van der Waals surface area contributed by atoms with E-state index in [1.54, 1.807) is 40.5 Å². The molecule has 1 saturated heterocycles. The van der Waals surface area contributed by atoms with Crippen LogP contribution in [0.15, 0.2) is 46.6 Å². The van der Waals surface area contributed by atoms with Crippen molar-refractivity contribution in [1.82, 2.24) is 14.7 Å². The number of nitrogens with zero attached hydrogens (tertiary/aromatic N) is 3. The van der Waals surface area contributed by atoms with Crippen molar-refractivity contribution in [2.45, 2.75) is 25.4 Å². The summed E-state index contributed by atoms with van der Waals surface area (Å²) in [6, 6.07) is 10.7. The SMILES string of the molecule is NC(=O)c1nn(CC(=O)N2CCCC2c2cccs2)c(=O)c2ccccc12. The van der Waals surface area contributed by atoms with Gasteiger partial charge in [0, 0.05) is 16.8 Å². The summed E-state index contributed by atoms with van der Waals surface area (Å²) in [6.07, 6.45) is 1.82. The molecular weight excluding hydrogens is 364 g/mol. The number of rotatable bonds is 4. The summed E-state index contributed by atoms with van der Waals surface area (Å²) in [5.74, 6) is -0.920. The van der Waals surface area contributed by atoms with Crippen LogP contribution < -0.4 is 11.3 Å². The van der Waals surface area contributed by atoms with Gasteiger partial charge in [0.25, 0.3) is 11.5 Å². The number of hydrogen-bond acceptors (Lipinski definition) is 5. The average Bonchev–Trinajstić information content (AvgIpc) is 3.35. The van der Waals surface area contributed by atoms with Gasteiger partial charge < -0.3 is 10.6 Å². The molecule has 1 aliphatic rings. The quantitative estimate of drug-likeness (QED) is 0.745. The molecule has 0 bridgehead atoms. The molecular formula is C19H18N4O3S. The van der Waals surface area contributed by atoms with Crippen LogP contribution in [-0.2, 0) is 11.3 Å². The first-order valence-corrected chi connectivity index (χ1v) is 9.57. The summed E-state index contributed by atoms with van der Waals surface area (Å²) < 4.78 is 1.05. The van der Waals surface area contributed by atoms with Crippen LogP contribution in [0.2, 0.25) is 0 Å². The largest absolute Gasteiger partial charge is 0.364 e. The van der Waals surface area contributed by atoms with Gasteiger partial charge in [0.1, 0.15) is 6.54 Å². The van der Waals surface area contributed by atoms with E-state index in [4.69, 9.17) is 5.73 Å². The minimum Gasteiger partial charge on any atom is -0.364 e. The van der Waals surface area contributed by atoms with E-state index in [1.165, 1.54) is 0 Å². The molecule has 1 atom stereocenters. The maximum absolute atomic E-state index is 12.9. The van der Waals surface area contributed by atoms with Crippen LogP contribution in [0.5, 0.6) is 0 Å². The van der Waals surface area contributed by atoms with Crippen molar-refractivity contribution in [3.05, 3.63) is 62.7 Å². The van der Waals surface area contributed by atoms with Crippen LogP contribution in [0.1, 0.15) is 34.2 Å². The number of likely N-dealkylation sites (tertiary alicyclic amines) is 1. The Labute approximate surface area is 159 Å². The fourth-order valence-electron chi connectivity index (χ4n) is 3.59. The third-order valence-corrected chi connectivity index (χ3v) is 5.80. The predicted octanol–water partition coefficient (Wildman–Crippen LogP) is 1.92. The van der Waals surface area contributed by atoms with E-state index in [0.717, 1.165) is 22.4 Å². The van der Waals surface area contributed by atoms with Gasteiger partial charge in [-0.1, -0.05) is 24.3 Å². The Hall–Kier alpha value is -3.00. The second kappa shape index (κ2) is 6.96. The molecule has 3 heterocycles. The van der Waals surface area contributed by atoms with Crippen LogP contribution >= 0.6 is 11.3 Å². The van der Waals surface area contributed by atoms with Crippen molar-refractivity contribution >= 4 is 33.9 Å². The Balaban J connectivity index is 1.69. The molecule has 8 heteroatoms. The fraction of sp³-hybridized carbons (Fsp3) is 0.263. The molecule has 1 aromatic carbocycles. The topological polar surface area (TPSA) is 98.3 Å². The molecule has 1 fully saturated rings. The third-order valence-electron chi connectivity index (χ3n) is 4.83. The van der Waals surface area contributed by atoms with Gasteiger partial charge in [-0.2, -0.15) is 5.10 Å². The zero-order valence-corrected chi connectivity index (χ0v) is 15.3. The number of primary amides is 1. The number of amides is 2. The van der Waals surface area contributed by atoms with Crippen molar-refractivity contribution in [3.63, 3.8) is 0 Å². The summed E-state index contributed by atoms with van der Waals surface area (Å²) in [4.78, 5) is 40.4. The molecule has 2 aromatic heterocycles. The predicted molar refractivity (Wildman–Crippen MR) is 103 cm³/mol. The van der Waals surface area contributed by atoms with Gasteiger partial charge in [-0.25, -0.2) is 4.68 Å². The molecule has 3 aromatic rings. The zero-order chi connectivity index (χ0) is 19.0. The van der Waals surface area contributed by atoms with E-state index in [0.29, 0.717) is 17.3 Å². The minimum absolute atomic E-state index is 0.00534. The summed E-state index contributed by atoms with van der Waals surface area (Å²) in [7, 11) is 0. The van der Waals surface area contributed by atoms with Gasteiger partial charge in [0.15, 0.2) is 5.69 Å². The Bertz CT molecular complexity index is 1070. The smallest absolute Gasteiger partial charge is 0.275 e. The third kappa shape index (κ3) is 3.12. The average molecular weight is 382 g/mol. The molecule has 138 valence electrons. The lowest BCUT2D eigenvalue weighted by Gasteiger charge is -2.24. The molecule has 0 spiro atoms. The lowest BCUT2D eigenvalue weighted by Crippen LogP contribution is -2.37. The van der Waals surface area contributed by atoms with Crippen molar-refractivity contribution in [2.24, 2.45) is 5.73 Å². The highest BCUT2D eigenvalue weighted by Gasteiger charge is 2.31. The second-order valence-corrected chi connectivity index (χ2v) is 7.46. The molecule has 4 rings (SSSR count). The lowest BCUT2D eigenvalue weighted by molar-refractivity contribution is -0.133. The van der Waals surface area contributed by atoms with Gasteiger partial charge >= 0.3 is 0 Å². The lowest BCUT2D eigenvalue weighted by atomic mass is 10.1. The highest BCUT2D eigenvalue weighted by molar-refractivity contribution is 7.10. The van der Waals surface area contributed by atoms with Crippen LogP contribution in [0.3, 0.4) is 0 Å². The van der Waals surface area contributed by atoms with E-state index in [-0.39, 0.29) is 24.2 Å². The highest BCUT2D eigenvalue weighted by Crippen LogP contribution is 2.34. The monoisotopic (exact) mass is 382 g/mol. The summed E-state index contributed by atoms with van der Waals surface area (Å²) in [6.45, 7) is 0.429. The van der Waals surface area contributed by atoms with Gasteiger partial charge in [0.05, 0.1) is 11.4 Å². The second-order valence-electron chi connectivity index (χ2n) is 6.48.